The van der Waals surface area contributed by atoms with Crippen LogP contribution in [0.15, 0.2) is 199 Å². The summed E-state index contributed by atoms with van der Waals surface area (Å²) in [6.45, 7) is 4.06. The van der Waals surface area contributed by atoms with Gasteiger partial charge in [-0.25, -0.2) is 15.0 Å². The number of nitrogens with zero attached hydrogens (tertiary/aromatic N) is 3. The van der Waals surface area contributed by atoms with Crippen molar-refractivity contribution in [2.75, 3.05) is 0 Å². The summed E-state index contributed by atoms with van der Waals surface area (Å²) in [6.07, 6.45) is 8.37. The molecule has 2 aliphatic carbocycles. The fraction of sp³-hybridized carbons (Fsp3) is 0.0517. The topological polar surface area (TPSA) is 51.8 Å². The molecule has 0 amide bonds. The Kier molecular flexibility index (Phi) is 8.49. The summed E-state index contributed by atoms with van der Waals surface area (Å²) in [5, 5.41) is 4.54. The van der Waals surface area contributed by atoms with Gasteiger partial charge in [0.1, 0.15) is 11.2 Å². The van der Waals surface area contributed by atoms with Gasteiger partial charge in [0.15, 0.2) is 17.5 Å². The highest BCUT2D eigenvalue weighted by Gasteiger charge is 2.32. The number of hydrogen-bond donors (Lipinski definition) is 0. The van der Waals surface area contributed by atoms with Crippen LogP contribution in [0.2, 0.25) is 0 Å². The van der Waals surface area contributed by atoms with E-state index in [9.17, 15) is 0 Å². The second-order valence-corrected chi connectivity index (χ2v) is 16.4. The molecular weight excluding hydrogens is 755 g/mol. The summed E-state index contributed by atoms with van der Waals surface area (Å²) in [4.78, 5) is 16.0. The highest BCUT2D eigenvalue weighted by molar-refractivity contribution is 6.11. The van der Waals surface area contributed by atoms with Crippen LogP contribution >= 0.6 is 0 Å². The van der Waals surface area contributed by atoms with Gasteiger partial charge in [-0.1, -0.05) is 146 Å². The number of rotatable bonds is 7. The fourth-order valence-electron chi connectivity index (χ4n) is 9.53. The van der Waals surface area contributed by atoms with Gasteiger partial charge in [0.25, 0.3) is 0 Å². The molecular formula is C58H39N3O. The average Bonchev–Trinajstić information content (AvgIpc) is 3.90. The molecule has 8 aromatic carbocycles. The molecule has 62 heavy (non-hydrogen) atoms. The SMILES string of the molecule is C=Cc1cccc(-c2nc(C3=C4c5cc(-c6ccccc6)ccc5CC4CC=C3)nc(-c3cc(-c4ccccc4)cc(-c4ccc5oc6cc7ccccc7cc6c5c4)c3)n2)c1. The zero-order chi connectivity index (χ0) is 41.1. The molecule has 2 aliphatic rings. The lowest BCUT2D eigenvalue weighted by Crippen LogP contribution is -2.08. The van der Waals surface area contributed by atoms with Gasteiger partial charge >= 0.3 is 0 Å². The zero-order valence-electron chi connectivity index (χ0n) is 33.9. The molecule has 12 rings (SSSR count). The Morgan fingerprint density at radius 3 is 1.90 bits per heavy atom. The Balaban J connectivity index is 1.07. The number of benzene rings is 8. The molecule has 0 fully saturated rings. The third-order valence-corrected chi connectivity index (χ3v) is 12.6. The van der Waals surface area contributed by atoms with E-state index in [0.717, 1.165) is 84.7 Å². The maximum atomic E-state index is 6.42. The minimum Gasteiger partial charge on any atom is -0.456 e. The van der Waals surface area contributed by atoms with Crippen molar-refractivity contribution in [2.24, 2.45) is 5.92 Å². The molecule has 0 saturated carbocycles. The third-order valence-electron chi connectivity index (χ3n) is 12.6. The monoisotopic (exact) mass is 793 g/mol. The van der Waals surface area contributed by atoms with Crippen molar-refractivity contribution >= 4 is 49.9 Å². The Hall–Kier alpha value is -7.95. The van der Waals surface area contributed by atoms with Crippen LogP contribution in [-0.2, 0) is 6.42 Å². The first-order valence-corrected chi connectivity index (χ1v) is 21.3. The van der Waals surface area contributed by atoms with Gasteiger partial charge in [0.05, 0.1) is 0 Å². The molecule has 0 bridgehead atoms. The Bertz CT molecular complexity index is 3490. The molecule has 1 unspecified atom stereocenters. The Morgan fingerprint density at radius 2 is 1.11 bits per heavy atom. The number of fused-ring (bicyclic) bond motifs is 7. The lowest BCUT2D eigenvalue weighted by molar-refractivity contribution is 0.669. The molecule has 10 aromatic rings. The van der Waals surface area contributed by atoms with E-state index in [0.29, 0.717) is 23.4 Å². The van der Waals surface area contributed by atoms with E-state index in [2.05, 4.69) is 189 Å². The van der Waals surface area contributed by atoms with Crippen LogP contribution in [0.25, 0.3) is 106 Å². The minimum absolute atomic E-state index is 0.351. The first-order valence-electron chi connectivity index (χ1n) is 21.3. The molecule has 1 atom stereocenters. The van der Waals surface area contributed by atoms with E-state index in [-0.39, 0.29) is 0 Å². The summed E-state index contributed by atoms with van der Waals surface area (Å²) >= 11 is 0. The highest BCUT2D eigenvalue weighted by Crippen LogP contribution is 2.47. The van der Waals surface area contributed by atoms with E-state index in [1.807, 2.05) is 12.1 Å². The van der Waals surface area contributed by atoms with E-state index in [1.54, 1.807) is 0 Å². The first-order chi connectivity index (χ1) is 30.6. The van der Waals surface area contributed by atoms with Crippen molar-refractivity contribution in [1.82, 2.24) is 15.0 Å². The second kappa shape index (κ2) is 14.6. The predicted molar refractivity (Wildman–Crippen MR) is 256 cm³/mol. The minimum atomic E-state index is 0.351. The largest absolute Gasteiger partial charge is 0.456 e. The molecule has 0 saturated heterocycles. The molecule has 2 aromatic heterocycles. The number of allylic oxidation sites excluding steroid dienone is 4. The van der Waals surface area contributed by atoms with Crippen LogP contribution in [0.3, 0.4) is 0 Å². The Labute approximate surface area is 359 Å². The quantitative estimate of drug-likeness (QED) is 0.161. The van der Waals surface area contributed by atoms with E-state index in [1.165, 1.54) is 33.2 Å². The normalized spacial score (nSPS) is 14.4. The number of furan rings is 1. The van der Waals surface area contributed by atoms with Crippen LogP contribution in [0.1, 0.15) is 28.9 Å². The molecule has 0 N–H and O–H groups in total. The molecule has 292 valence electrons. The molecule has 0 radical (unpaired) electrons. The van der Waals surface area contributed by atoms with Gasteiger partial charge < -0.3 is 4.42 Å². The van der Waals surface area contributed by atoms with Crippen molar-refractivity contribution in [3.8, 4) is 56.2 Å². The predicted octanol–water partition coefficient (Wildman–Crippen LogP) is 14.9. The summed E-state index contributed by atoms with van der Waals surface area (Å²) < 4.78 is 6.42. The van der Waals surface area contributed by atoms with Crippen molar-refractivity contribution in [3.05, 3.63) is 217 Å². The second-order valence-electron chi connectivity index (χ2n) is 16.4. The van der Waals surface area contributed by atoms with Gasteiger partial charge in [-0.2, -0.15) is 0 Å². The van der Waals surface area contributed by atoms with E-state index < -0.39 is 0 Å². The third kappa shape index (κ3) is 6.27. The van der Waals surface area contributed by atoms with Crippen molar-refractivity contribution in [1.29, 1.82) is 0 Å². The van der Waals surface area contributed by atoms with Crippen LogP contribution in [0, 0.1) is 5.92 Å². The zero-order valence-corrected chi connectivity index (χ0v) is 33.9. The van der Waals surface area contributed by atoms with Gasteiger partial charge in [0.2, 0.25) is 0 Å². The first kappa shape index (κ1) is 35.9. The van der Waals surface area contributed by atoms with Gasteiger partial charge in [-0.05, 0) is 140 Å². The average molecular weight is 794 g/mol. The number of hydrogen-bond acceptors (Lipinski definition) is 4. The smallest absolute Gasteiger partial charge is 0.164 e. The van der Waals surface area contributed by atoms with Crippen molar-refractivity contribution < 1.29 is 4.42 Å². The van der Waals surface area contributed by atoms with Crippen LogP contribution in [0.4, 0.5) is 0 Å². The fourth-order valence-corrected chi connectivity index (χ4v) is 9.53. The van der Waals surface area contributed by atoms with Crippen molar-refractivity contribution in [3.63, 3.8) is 0 Å². The van der Waals surface area contributed by atoms with Gasteiger partial charge in [-0.15, -0.1) is 0 Å². The molecule has 0 spiro atoms. The summed E-state index contributed by atoms with van der Waals surface area (Å²) in [7, 11) is 0. The molecule has 4 heteroatoms. The highest BCUT2D eigenvalue weighted by atomic mass is 16.3. The lowest BCUT2D eigenvalue weighted by atomic mass is 9.86. The van der Waals surface area contributed by atoms with E-state index in [4.69, 9.17) is 19.4 Å². The van der Waals surface area contributed by atoms with Gasteiger partial charge in [-0.3, -0.25) is 0 Å². The van der Waals surface area contributed by atoms with Gasteiger partial charge in [0, 0.05) is 27.5 Å². The summed E-state index contributed by atoms with van der Waals surface area (Å²) in [6, 6.07) is 62.5. The molecule has 2 heterocycles. The Morgan fingerprint density at radius 1 is 0.484 bits per heavy atom. The van der Waals surface area contributed by atoms with Crippen LogP contribution in [-0.4, -0.2) is 15.0 Å². The molecule has 0 aliphatic heterocycles. The standard InChI is InChI=1S/C58H39N3O/c1-2-36-13-11-21-45(27-36)56-59-57(61-58(60-56)49-22-12-20-44-28-43-24-23-41(32-50(43)55(44)49)37-14-5-3-6-15-37)48-30-46(38-16-7-4-8-17-38)29-47(31-48)42-25-26-53-51(34-42)52-33-39-18-9-10-19-40(39)35-54(52)62-53/h2-19,21-27,29-35,44H,1,20,28H2. The summed E-state index contributed by atoms with van der Waals surface area (Å²) in [5.41, 5.74) is 16.4. The maximum Gasteiger partial charge on any atom is 0.164 e. The molecule has 4 nitrogen and oxygen atoms in total. The number of aromatic nitrogens is 3. The van der Waals surface area contributed by atoms with E-state index >= 15 is 0 Å². The lowest BCUT2D eigenvalue weighted by Gasteiger charge is -2.20. The van der Waals surface area contributed by atoms with Crippen LogP contribution in [0.5, 0.6) is 0 Å². The summed E-state index contributed by atoms with van der Waals surface area (Å²) in [5.74, 6) is 2.27. The maximum absolute atomic E-state index is 6.42. The van der Waals surface area contributed by atoms with Crippen molar-refractivity contribution in [2.45, 2.75) is 12.8 Å². The van der Waals surface area contributed by atoms with Crippen LogP contribution < -0.4 is 0 Å².